The second kappa shape index (κ2) is 29.7. The van der Waals surface area contributed by atoms with Crippen molar-refractivity contribution in [2.45, 2.75) is 302 Å². The number of aliphatic hydroxyl groups is 5. The van der Waals surface area contributed by atoms with E-state index in [0.29, 0.717) is 12.8 Å². The molecule has 0 aromatic heterocycles. The minimum Gasteiger partial charge on any atom is -0.507 e. The maximum Gasteiger partial charge on any atom is 0.306 e. The van der Waals surface area contributed by atoms with Gasteiger partial charge in [-0.15, -0.1) is 0 Å². The van der Waals surface area contributed by atoms with E-state index in [9.17, 15) is 45.3 Å². The van der Waals surface area contributed by atoms with Crippen molar-refractivity contribution in [3.8, 4) is 17.2 Å². The molecule has 8 rings (SSSR count). The van der Waals surface area contributed by atoms with E-state index < -0.39 is 133 Å². The van der Waals surface area contributed by atoms with Crippen LogP contribution in [-0.4, -0.2) is 189 Å². The van der Waals surface area contributed by atoms with Crippen molar-refractivity contribution >= 4 is 28.3 Å². The van der Waals surface area contributed by atoms with Gasteiger partial charge in [0.25, 0.3) is 0 Å². The summed E-state index contributed by atoms with van der Waals surface area (Å²) in [5.74, 6) is -4.59. The van der Waals surface area contributed by atoms with Crippen molar-refractivity contribution in [1.82, 2.24) is 0 Å². The number of unbranched alkanes of at least 4 members (excludes halogenated alkanes) is 6. The molecule has 87 heavy (non-hydrogen) atoms. The summed E-state index contributed by atoms with van der Waals surface area (Å²) in [6, 6.07) is 3.22. The summed E-state index contributed by atoms with van der Waals surface area (Å²) in [7, 11) is 1.24. The molecule has 0 spiro atoms. The van der Waals surface area contributed by atoms with Crippen LogP contribution in [0.25, 0.3) is 10.8 Å². The minimum atomic E-state index is -1.91. The summed E-state index contributed by atoms with van der Waals surface area (Å²) in [5, 5.41) is 80.9. The molecule has 6 unspecified atom stereocenters. The standard InChI is InChI=1S/C65H100O22/c1-14-15-16-17-18-19-20-21-48(67)77-39(11)59(71)62(74)63(76-13)42-23-40-22-41-24-44(83-50-26-45(31(3)35(7)79-50)84-49-25-43(66)30(2)34(6)78-49)32(4)56(68)54(41)60(72)55(40)61(73)64(42)87-52-28-46(57(69)38(10)82-52)85-51-27-47(58(70)37(9)81-51)86-53-29-65(12,75)33(5)36(8)80-53/h22,24,30-31,33-39,42-43,45-47,49-53,57-59,63-64,66,68-72,75H,14-21,23,25-29H2,1-13H3/t30-,31-,33-,34?,35?,36?,37?,38?,39+,42-,43+,45+,46+,47+,49+,50-,51-,52-,53-,57+,58+,59-,63-,64-,65?/m0/s1. The Labute approximate surface area is 512 Å². The SMILES string of the molecule is CCCCCCCCCC(=O)O[C@H](C)[C@H](O)C(=O)[C@@H](OC)[C@@H]1Cc2cc3cc(O[C@H]4C[C@@H](O[C@@H]5C[C@@H](O)[C@@H](C)C(C)O5)[C@@H](C)C(C)O4)c(C)c(O)c3c(O)c2C(=O)[C@H]1O[C@H]1C[C@@H](O[C@H]2C[C@@H](O[C@H]3CC(C)(O)[C@@H](C)C(C)O3)[C@H](O)C(C)O2)[C@H](O)C(C)O1. The number of ketones is 2. The minimum absolute atomic E-state index is 0.00519. The smallest absolute Gasteiger partial charge is 0.306 e. The number of carbonyl (C=O) groups is 3. The number of rotatable bonds is 24. The van der Waals surface area contributed by atoms with E-state index in [1.807, 2.05) is 41.5 Å². The molecule has 2 aromatic carbocycles. The molecule has 5 heterocycles. The molecule has 0 amide bonds. The molecular weight excluding hydrogens is 1130 g/mol. The van der Waals surface area contributed by atoms with Gasteiger partial charge < -0.3 is 92.6 Å². The van der Waals surface area contributed by atoms with Crippen molar-refractivity contribution in [3.63, 3.8) is 0 Å². The predicted octanol–water partition coefficient (Wildman–Crippen LogP) is 7.27. The van der Waals surface area contributed by atoms with E-state index in [-0.39, 0.29) is 120 Å². The Hall–Kier alpha value is -3.69. The molecule has 6 aliphatic rings. The normalized spacial score (nSPS) is 38.6. The number of esters is 1. The molecule has 5 saturated heterocycles. The quantitative estimate of drug-likeness (QED) is 0.0401. The number of aliphatic hydroxyl groups excluding tert-OH is 4. The van der Waals surface area contributed by atoms with Gasteiger partial charge in [0.15, 0.2) is 42.8 Å². The first-order valence-corrected chi connectivity index (χ1v) is 31.9. The number of hydrogen-bond acceptors (Lipinski definition) is 22. The maximum atomic E-state index is 15.4. The van der Waals surface area contributed by atoms with Crippen LogP contribution in [0.4, 0.5) is 0 Å². The van der Waals surface area contributed by atoms with Gasteiger partial charge in [-0.1, -0.05) is 66.2 Å². The van der Waals surface area contributed by atoms with Gasteiger partial charge in [0.2, 0.25) is 6.29 Å². The molecule has 0 bridgehead atoms. The molecule has 0 saturated carbocycles. The fraction of sp³-hybridized carbons (Fsp3) is 0.800. The highest BCUT2D eigenvalue weighted by Gasteiger charge is 2.51. The first-order chi connectivity index (χ1) is 41.1. The first kappa shape index (κ1) is 69.2. The number of Topliss-reactive ketones (excluding diaryl/α,β-unsaturated/α-hetero) is 2. The molecule has 492 valence electrons. The average molecular weight is 1230 g/mol. The van der Waals surface area contributed by atoms with E-state index in [0.717, 1.165) is 38.5 Å². The lowest BCUT2D eigenvalue weighted by Gasteiger charge is -2.46. The van der Waals surface area contributed by atoms with Gasteiger partial charge in [-0.3, -0.25) is 14.4 Å². The molecule has 5 fully saturated rings. The number of aromatic hydroxyl groups is 2. The second-order valence-electron chi connectivity index (χ2n) is 26.1. The summed E-state index contributed by atoms with van der Waals surface area (Å²) in [5.41, 5.74) is -0.829. The van der Waals surface area contributed by atoms with Gasteiger partial charge in [0, 0.05) is 74.9 Å². The zero-order valence-electron chi connectivity index (χ0n) is 53.2. The number of ether oxygens (including phenoxy) is 12. The number of fused-ring (bicyclic) bond motifs is 2. The molecule has 1 aliphatic carbocycles. The third kappa shape index (κ3) is 16.0. The number of phenolic OH excluding ortho intramolecular Hbond substituents is 2. The lowest BCUT2D eigenvalue weighted by Crippen LogP contribution is -2.57. The maximum absolute atomic E-state index is 15.4. The number of carbonyl (C=O) groups excluding carboxylic acids is 3. The van der Waals surface area contributed by atoms with Crippen molar-refractivity contribution in [2.24, 2.45) is 23.7 Å². The highest BCUT2D eigenvalue weighted by Crippen LogP contribution is 2.48. The van der Waals surface area contributed by atoms with Crippen LogP contribution in [0.2, 0.25) is 0 Å². The monoisotopic (exact) mass is 1230 g/mol. The lowest BCUT2D eigenvalue weighted by atomic mass is 9.75. The number of methoxy groups -OCH3 is 1. The van der Waals surface area contributed by atoms with E-state index in [4.69, 9.17) is 56.8 Å². The third-order valence-corrected chi connectivity index (χ3v) is 19.7. The second-order valence-corrected chi connectivity index (χ2v) is 26.1. The Morgan fingerprint density at radius 3 is 1.85 bits per heavy atom. The topological polar surface area (TPSA) is 304 Å². The van der Waals surface area contributed by atoms with E-state index in [1.54, 1.807) is 39.8 Å². The molecule has 2 aromatic rings. The van der Waals surface area contributed by atoms with Crippen molar-refractivity contribution < 1.29 is 107 Å². The molecule has 7 N–H and O–H groups in total. The largest absolute Gasteiger partial charge is 0.507 e. The Balaban J connectivity index is 1.05. The van der Waals surface area contributed by atoms with E-state index >= 15 is 4.79 Å². The third-order valence-electron chi connectivity index (χ3n) is 19.7. The van der Waals surface area contributed by atoms with Crippen LogP contribution in [0.15, 0.2) is 12.1 Å². The van der Waals surface area contributed by atoms with Crippen LogP contribution in [0.5, 0.6) is 17.2 Å². The highest BCUT2D eigenvalue weighted by molar-refractivity contribution is 6.11. The summed E-state index contributed by atoms with van der Waals surface area (Å²) in [4.78, 5) is 43.1. The molecule has 22 heteroatoms. The predicted molar refractivity (Wildman–Crippen MR) is 315 cm³/mol. The van der Waals surface area contributed by atoms with Gasteiger partial charge in [-0.2, -0.15) is 0 Å². The van der Waals surface area contributed by atoms with Crippen LogP contribution >= 0.6 is 0 Å². The average Bonchev–Trinajstić information content (AvgIpc) is 0.945. The highest BCUT2D eigenvalue weighted by atomic mass is 16.7. The Kier molecular flexibility index (Phi) is 23.6. The van der Waals surface area contributed by atoms with Crippen molar-refractivity contribution in [2.75, 3.05) is 7.11 Å². The lowest BCUT2D eigenvalue weighted by molar-refractivity contribution is -0.331. The van der Waals surface area contributed by atoms with Gasteiger partial charge in [0.1, 0.15) is 47.8 Å². The van der Waals surface area contributed by atoms with Gasteiger partial charge in [-0.05, 0) is 91.3 Å². The van der Waals surface area contributed by atoms with Gasteiger partial charge in [0.05, 0.1) is 71.5 Å². The summed E-state index contributed by atoms with van der Waals surface area (Å²) in [6.07, 6.45) is -11.8. The van der Waals surface area contributed by atoms with Crippen LogP contribution in [0, 0.1) is 30.6 Å². The zero-order chi connectivity index (χ0) is 63.5. The Morgan fingerprint density at radius 1 is 0.690 bits per heavy atom. The van der Waals surface area contributed by atoms with Crippen LogP contribution in [0.1, 0.15) is 181 Å². The zero-order valence-corrected chi connectivity index (χ0v) is 53.2. The van der Waals surface area contributed by atoms with Crippen molar-refractivity contribution in [1.29, 1.82) is 0 Å². The van der Waals surface area contributed by atoms with Crippen molar-refractivity contribution in [3.05, 3.63) is 28.8 Å². The number of phenols is 2. The molecular formula is C65H100O22. The summed E-state index contributed by atoms with van der Waals surface area (Å²) in [6.45, 7) is 21.6. The molecule has 22 nitrogen and oxygen atoms in total. The molecule has 25 atom stereocenters. The van der Waals surface area contributed by atoms with E-state index in [1.165, 1.54) is 14.0 Å². The summed E-state index contributed by atoms with van der Waals surface area (Å²) < 4.78 is 74.7. The number of benzene rings is 2. The van der Waals surface area contributed by atoms with Gasteiger partial charge in [-0.25, -0.2) is 0 Å². The molecule has 5 aliphatic heterocycles. The van der Waals surface area contributed by atoms with Crippen LogP contribution in [0.3, 0.4) is 0 Å². The fourth-order valence-electron chi connectivity index (χ4n) is 13.3. The fourth-order valence-corrected chi connectivity index (χ4v) is 13.3. The van der Waals surface area contributed by atoms with Crippen LogP contribution < -0.4 is 4.74 Å². The Bertz CT molecular complexity index is 2620. The Morgan fingerprint density at radius 2 is 1.23 bits per heavy atom. The van der Waals surface area contributed by atoms with E-state index in [2.05, 4.69) is 6.92 Å². The number of hydrogen-bond donors (Lipinski definition) is 7. The summed E-state index contributed by atoms with van der Waals surface area (Å²) >= 11 is 0. The van der Waals surface area contributed by atoms with Gasteiger partial charge >= 0.3 is 5.97 Å². The first-order valence-electron chi connectivity index (χ1n) is 31.9. The molecule has 0 radical (unpaired) electrons. The van der Waals surface area contributed by atoms with Crippen LogP contribution in [-0.2, 0) is 68.1 Å².